The second kappa shape index (κ2) is 7.03. The molecule has 3 aromatic heterocycles. The second-order valence-electron chi connectivity index (χ2n) is 7.63. The van der Waals surface area contributed by atoms with Crippen molar-refractivity contribution in [2.75, 3.05) is 0 Å². The Balaban J connectivity index is 2.01. The number of thiol groups is 1. The Labute approximate surface area is 169 Å². The summed E-state index contributed by atoms with van der Waals surface area (Å²) < 4.78 is 25.4. The number of aryl methyl sites for hydroxylation is 1. The van der Waals surface area contributed by atoms with Crippen molar-refractivity contribution >= 4 is 21.7 Å². The van der Waals surface area contributed by atoms with Gasteiger partial charge in [0.05, 0.1) is 5.69 Å². The van der Waals surface area contributed by atoms with Crippen LogP contribution in [0.4, 0.5) is 0 Å². The summed E-state index contributed by atoms with van der Waals surface area (Å²) in [6.45, 7) is 5.66. The largest absolute Gasteiger partial charge is 0.384 e. The third-order valence-corrected chi connectivity index (χ3v) is 5.99. The number of hydrogen-bond donors (Lipinski definition) is 2. The maximum Gasteiger partial charge on any atom is 0.278 e. The van der Waals surface area contributed by atoms with Gasteiger partial charge in [-0.25, -0.2) is 32.7 Å². The molecule has 154 valence electrons. The van der Waals surface area contributed by atoms with Crippen LogP contribution in [0.25, 0.3) is 16.9 Å². The zero-order valence-corrected chi connectivity index (χ0v) is 17.4. The lowest BCUT2D eigenvalue weighted by Crippen LogP contribution is -2.26. The predicted molar refractivity (Wildman–Crippen MR) is 108 cm³/mol. The van der Waals surface area contributed by atoms with Gasteiger partial charge in [-0.05, 0) is 44.7 Å². The van der Waals surface area contributed by atoms with Crippen LogP contribution in [0.5, 0.6) is 0 Å². The summed E-state index contributed by atoms with van der Waals surface area (Å²) in [5.41, 5.74) is 0.654. The van der Waals surface area contributed by atoms with Gasteiger partial charge in [0.15, 0.2) is 11.5 Å². The lowest BCUT2D eigenvalue weighted by molar-refractivity contribution is 0.0305. The van der Waals surface area contributed by atoms with Crippen LogP contribution >= 0.6 is 0 Å². The first-order chi connectivity index (χ1) is 13.7. The topological polar surface area (TPSA) is 120 Å². The molecule has 4 rings (SSSR count). The van der Waals surface area contributed by atoms with Gasteiger partial charge >= 0.3 is 0 Å². The normalized spacial score (nSPS) is 18.8. The van der Waals surface area contributed by atoms with E-state index in [1.54, 1.807) is 10.7 Å². The first-order valence-electron chi connectivity index (χ1n) is 9.59. The number of pyridine rings is 1. The summed E-state index contributed by atoms with van der Waals surface area (Å²) in [5.74, 6) is 0.267. The average Bonchev–Trinajstić information content (AvgIpc) is 3.16. The lowest BCUT2D eigenvalue weighted by Gasteiger charge is -2.22. The van der Waals surface area contributed by atoms with E-state index in [0.717, 1.165) is 12.0 Å². The quantitative estimate of drug-likeness (QED) is 0.599. The molecule has 1 atom stereocenters. The Morgan fingerprint density at radius 3 is 2.69 bits per heavy atom. The van der Waals surface area contributed by atoms with Gasteiger partial charge in [0.25, 0.3) is 5.56 Å². The highest BCUT2D eigenvalue weighted by Crippen LogP contribution is 2.38. The number of hydrogen-bond acceptors (Lipinski definition) is 7. The monoisotopic (exact) mass is 417 g/mol. The fraction of sp³-hybridized carbons (Fsp3) is 0.474. The molecule has 0 aromatic carbocycles. The summed E-state index contributed by atoms with van der Waals surface area (Å²) in [7, 11) is -2.70. The molecule has 1 N–H and O–H groups in total. The van der Waals surface area contributed by atoms with Gasteiger partial charge in [0, 0.05) is 12.2 Å². The van der Waals surface area contributed by atoms with Gasteiger partial charge in [0.1, 0.15) is 33.3 Å². The molecule has 0 saturated carbocycles. The number of aromatic nitrogens is 5. The molecule has 0 radical (unpaired) electrons. The highest BCUT2D eigenvalue weighted by atomic mass is 32.2. The molecule has 0 bridgehead atoms. The molecule has 0 saturated heterocycles. The SMILES string of the molecule is CC[C@@]1(O)CCc2ccc(-n3c4nc(C[SH](=O)=O)ncc4c(=O)n3C(C)C)nc21. The van der Waals surface area contributed by atoms with Crippen molar-refractivity contribution in [3.8, 4) is 5.82 Å². The maximum absolute atomic E-state index is 13.0. The highest BCUT2D eigenvalue weighted by molar-refractivity contribution is 7.71. The van der Waals surface area contributed by atoms with Gasteiger partial charge < -0.3 is 5.11 Å². The van der Waals surface area contributed by atoms with E-state index in [-0.39, 0.29) is 28.6 Å². The Morgan fingerprint density at radius 2 is 2.03 bits per heavy atom. The molecule has 1 aliphatic carbocycles. The molecular formula is C19H23N5O4S. The van der Waals surface area contributed by atoms with Gasteiger partial charge in [0.2, 0.25) is 0 Å². The van der Waals surface area contributed by atoms with Crippen molar-refractivity contribution in [2.45, 2.75) is 57.4 Å². The minimum Gasteiger partial charge on any atom is -0.384 e. The minimum absolute atomic E-state index is 0.120. The van der Waals surface area contributed by atoms with Gasteiger partial charge in [-0.15, -0.1) is 0 Å². The van der Waals surface area contributed by atoms with Crippen molar-refractivity contribution in [1.82, 2.24) is 24.3 Å². The van der Waals surface area contributed by atoms with E-state index in [2.05, 4.69) is 9.97 Å². The van der Waals surface area contributed by atoms with Crippen LogP contribution in [0.15, 0.2) is 23.1 Å². The van der Waals surface area contributed by atoms with Crippen molar-refractivity contribution in [3.63, 3.8) is 0 Å². The molecular weight excluding hydrogens is 394 g/mol. The molecule has 0 spiro atoms. The number of rotatable bonds is 5. The Bertz CT molecular complexity index is 1240. The van der Waals surface area contributed by atoms with E-state index in [1.807, 2.05) is 26.8 Å². The molecule has 0 aliphatic heterocycles. The van der Waals surface area contributed by atoms with E-state index >= 15 is 0 Å². The van der Waals surface area contributed by atoms with E-state index < -0.39 is 16.3 Å². The summed E-state index contributed by atoms with van der Waals surface area (Å²) >= 11 is 0. The standard InChI is InChI=1S/C19H23N5O4S/c1-4-19(26)8-7-12-5-6-15(22-16(12)19)24-17-13(18(25)23(24)11(2)3)9-20-14(21-17)10-29(27)28/h5-6,9,11,26,29H,4,7-8,10H2,1-3H3/t19-/m1/s1. The van der Waals surface area contributed by atoms with Crippen molar-refractivity contribution < 1.29 is 13.5 Å². The fourth-order valence-electron chi connectivity index (χ4n) is 3.92. The van der Waals surface area contributed by atoms with Gasteiger partial charge in [-0.3, -0.25) is 4.79 Å². The molecule has 29 heavy (non-hydrogen) atoms. The average molecular weight is 417 g/mol. The van der Waals surface area contributed by atoms with Gasteiger partial charge in [-0.1, -0.05) is 13.0 Å². The molecule has 0 unspecified atom stereocenters. The van der Waals surface area contributed by atoms with Crippen LogP contribution < -0.4 is 5.56 Å². The van der Waals surface area contributed by atoms with Crippen LogP contribution in [0.1, 0.15) is 56.7 Å². The molecule has 3 heterocycles. The van der Waals surface area contributed by atoms with Crippen LogP contribution in [0.3, 0.4) is 0 Å². The summed E-state index contributed by atoms with van der Waals surface area (Å²) in [4.78, 5) is 26.1. The third kappa shape index (κ3) is 3.16. The van der Waals surface area contributed by atoms with E-state index in [9.17, 15) is 18.3 Å². The molecule has 9 nitrogen and oxygen atoms in total. The molecule has 3 aromatic rings. The first-order valence-corrected chi connectivity index (χ1v) is 11.0. The summed E-state index contributed by atoms with van der Waals surface area (Å²) in [5, 5.41) is 11.2. The minimum atomic E-state index is -2.70. The van der Waals surface area contributed by atoms with Crippen LogP contribution in [0.2, 0.25) is 0 Å². The number of aliphatic hydroxyl groups is 1. The number of fused-ring (bicyclic) bond motifs is 2. The molecule has 0 amide bonds. The Hall–Kier alpha value is -2.59. The van der Waals surface area contributed by atoms with E-state index in [1.165, 1.54) is 10.9 Å². The maximum atomic E-state index is 13.0. The van der Waals surface area contributed by atoms with Gasteiger partial charge in [-0.2, -0.15) is 0 Å². The fourth-order valence-corrected chi connectivity index (χ4v) is 4.30. The van der Waals surface area contributed by atoms with E-state index in [0.29, 0.717) is 30.0 Å². The lowest BCUT2D eigenvalue weighted by atomic mass is 9.98. The molecule has 1 aliphatic rings. The summed E-state index contributed by atoms with van der Waals surface area (Å²) in [6, 6.07) is 3.52. The van der Waals surface area contributed by atoms with Crippen LogP contribution in [-0.4, -0.2) is 37.8 Å². The summed E-state index contributed by atoms with van der Waals surface area (Å²) in [6.07, 6.45) is 3.27. The highest BCUT2D eigenvalue weighted by Gasteiger charge is 2.37. The van der Waals surface area contributed by atoms with E-state index in [4.69, 9.17) is 4.98 Å². The smallest absolute Gasteiger partial charge is 0.278 e. The third-order valence-electron chi connectivity index (χ3n) is 5.45. The second-order valence-corrected chi connectivity index (χ2v) is 8.61. The Kier molecular flexibility index (Phi) is 4.78. The molecule has 10 heteroatoms. The van der Waals surface area contributed by atoms with Crippen LogP contribution in [0, 0.1) is 0 Å². The Morgan fingerprint density at radius 1 is 1.28 bits per heavy atom. The zero-order valence-electron chi connectivity index (χ0n) is 16.5. The predicted octanol–water partition coefficient (Wildman–Crippen LogP) is 1.21. The van der Waals surface area contributed by atoms with Crippen molar-refractivity contribution in [2.24, 2.45) is 0 Å². The first kappa shape index (κ1) is 19.7. The van der Waals surface area contributed by atoms with Crippen molar-refractivity contribution in [3.05, 3.63) is 45.8 Å². The van der Waals surface area contributed by atoms with Crippen LogP contribution in [-0.2, 0) is 28.5 Å². The number of nitrogens with zero attached hydrogens (tertiary/aromatic N) is 5. The molecule has 0 fully saturated rings. The zero-order chi connectivity index (χ0) is 20.9. The van der Waals surface area contributed by atoms with Crippen molar-refractivity contribution in [1.29, 1.82) is 0 Å².